The summed E-state index contributed by atoms with van der Waals surface area (Å²) < 4.78 is 43.4. The largest absolute Gasteiger partial charge is 0.219 e. The number of rotatable bonds is 1. The topological polar surface area (TPSA) is 38.7 Å². The lowest BCUT2D eigenvalue weighted by molar-refractivity contribution is 0.906. The molecule has 0 N–H and O–H groups in total. The normalized spacial score (nSPS) is 19.2. The van der Waals surface area contributed by atoms with E-state index in [2.05, 4.69) is 15.0 Å². The van der Waals surface area contributed by atoms with E-state index >= 15 is 0 Å². The maximum atomic E-state index is 7.24. The van der Waals surface area contributed by atoms with Crippen molar-refractivity contribution < 1.29 is 8.22 Å². The van der Waals surface area contributed by atoms with E-state index in [0.29, 0.717) is 11.6 Å². The maximum Gasteiger partial charge on any atom is 0.156 e. The van der Waals surface area contributed by atoms with Crippen LogP contribution in [0.3, 0.4) is 0 Å². The van der Waals surface area contributed by atoms with Gasteiger partial charge in [0.1, 0.15) is 11.6 Å². The Kier molecular flexibility index (Phi) is 1.04. The SMILES string of the molecule is [2H]C([2H])([2H])C(=Cc1nc(C)nc(C)n1)C([2H])([2H])[2H]. The number of aryl methyl sites for hydroxylation is 2. The van der Waals surface area contributed by atoms with Gasteiger partial charge >= 0.3 is 0 Å². The van der Waals surface area contributed by atoms with Crippen molar-refractivity contribution in [1.29, 1.82) is 0 Å². The molecule has 0 aliphatic rings. The van der Waals surface area contributed by atoms with Crippen LogP contribution >= 0.6 is 0 Å². The Hall–Kier alpha value is -1.25. The molecule has 1 aromatic heterocycles. The highest BCUT2D eigenvalue weighted by molar-refractivity contribution is 5.43. The average Bonchev–Trinajstić information content (AvgIpc) is 2.08. The first-order chi connectivity index (χ1) is 8.00. The van der Waals surface area contributed by atoms with Crippen LogP contribution in [-0.4, -0.2) is 15.0 Å². The molecule has 12 heavy (non-hydrogen) atoms. The Morgan fingerprint density at radius 2 is 1.75 bits per heavy atom. The second kappa shape index (κ2) is 3.43. The van der Waals surface area contributed by atoms with E-state index < -0.39 is 19.3 Å². The molecule has 64 valence electrons. The summed E-state index contributed by atoms with van der Waals surface area (Å²) in [5, 5.41) is 0. The van der Waals surface area contributed by atoms with E-state index in [9.17, 15) is 0 Å². The highest BCUT2D eigenvalue weighted by atomic mass is 15.0. The van der Waals surface area contributed by atoms with Crippen LogP contribution in [0, 0.1) is 13.8 Å². The lowest BCUT2D eigenvalue weighted by Gasteiger charge is -1.97. The van der Waals surface area contributed by atoms with Gasteiger partial charge in [0.25, 0.3) is 0 Å². The van der Waals surface area contributed by atoms with Crippen LogP contribution in [-0.2, 0) is 0 Å². The molecule has 0 saturated carbocycles. The van der Waals surface area contributed by atoms with E-state index in [1.54, 1.807) is 13.8 Å². The third-order valence-electron chi connectivity index (χ3n) is 1.15. The zero-order chi connectivity index (χ0) is 14.1. The molecule has 1 aromatic rings. The molecule has 0 bridgehead atoms. The second-order valence-electron chi connectivity index (χ2n) is 2.35. The van der Waals surface area contributed by atoms with Gasteiger partial charge in [-0.15, -0.1) is 0 Å². The van der Waals surface area contributed by atoms with Crippen molar-refractivity contribution in [2.75, 3.05) is 0 Å². The number of nitrogens with zero attached hydrogens (tertiary/aromatic N) is 3. The zero-order valence-electron chi connectivity index (χ0n) is 12.9. The molecule has 0 spiro atoms. The van der Waals surface area contributed by atoms with Gasteiger partial charge in [-0.2, -0.15) is 0 Å². The van der Waals surface area contributed by atoms with Crippen molar-refractivity contribution in [2.45, 2.75) is 27.6 Å². The summed E-state index contributed by atoms with van der Waals surface area (Å²) in [5.74, 6) is 0.857. The summed E-state index contributed by atoms with van der Waals surface area (Å²) in [7, 11) is 0. The van der Waals surface area contributed by atoms with E-state index in [1.807, 2.05) is 0 Å². The summed E-state index contributed by atoms with van der Waals surface area (Å²) in [6, 6.07) is 0. The zero-order valence-corrected chi connectivity index (χ0v) is 6.92. The first kappa shape index (κ1) is 3.64. The Bertz CT molecular complexity index is 438. The van der Waals surface area contributed by atoms with Crippen LogP contribution in [0.5, 0.6) is 0 Å². The van der Waals surface area contributed by atoms with Crippen LogP contribution in [0.15, 0.2) is 5.57 Å². The van der Waals surface area contributed by atoms with Gasteiger partial charge in [-0.25, -0.2) is 15.0 Å². The molecule has 0 unspecified atom stereocenters. The standard InChI is InChI=1S/C9H13N3/c1-6(2)5-9-11-7(3)10-8(4)12-9/h5H,1-4H3/i1D3,2D3. The highest BCUT2D eigenvalue weighted by Crippen LogP contribution is 2.00. The number of hydrogen-bond donors (Lipinski definition) is 0. The van der Waals surface area contributed by atoms with Crippen LogP contribution in [0.1, 0.15) is 39.4 Å². The summed E-state index contributed by atoms with van der Waals surface area (Å²) in [5.41, 5.74) is -0.653. The minimum absolute atomic E-state index is 0.0438. The summed E-state index contributed by atoms with van der Waals surface area (Å²) in [6.45, 7) is -2.17. The molecule has 3 heteroatoms. The van der Waals surface area contributed by atoms with E-state index in [1.165, 1.54) is 0 Å². The molecule has 0 saturated heterocycles. The molecular formula is C9H13N3. The van der Waals surface area contributed by atoms with Crippen molar-refractivity contribution in [2.24, 2.45) is 0 Å². The van der Waals surface area contributed by atoms with Gasteiger partial charge in [-0.3, -0.25) is 0 Å². The Labute approximate surface area is 81.0 Å². The molecule has 0 amide bonds. The Balaban J connectivity index is 3.33. The highest BCUT2D eigenvalue weighted by Gasteiger charge is 1.96. The molecule has 1 rings (SSSR count). The predicted molar refractivity (Wildman–Crippen MR) is 48.6 cm³/mol. The molecule has 1 heterocycles. The predicted octanol–water partition coefficient (Wildman–Crippen LogP) is 1.91. The summed E-state index contributed by atoms with van der Waals surface area (Å²) in [4.78, 5) is 11.7. The van der Waals surface area contributed by atoms with E-state index in [0.717, 1.165) is 6.08 Å². The Morgan fingerprint density at radius 1 is 1.17 bits per heavy atom. The van der Waals surface area contributed by atoms with E-state index in [4.69, 9.17) is 8.22 Å². The smallest absolute Gasteiger partial charge is 0.156 e. The molecule has 0 radical (unpaired) electrons. The van der Waals surface area contributed by atoms with Gasteiger partial charge in [-0.1, -0.05) is 5.57 Å². The van der Waals surface area contributed by atoms with Crippen molar-refractivity contribution in [1.82, 2.24) is 15.0 Å². The minimum atomic E-state index is -2.71. The van der Waals surface area contributed by atoms with Gasteiger partial charge in [0.15, 0.2) is 5.82 Å². The fraction of sp³-hybridized carbons (Fsp3) is 0.444. The van der Waals surface area contributed by atoms with Crippen molar-refractivity contribution in [3.63, 3.8) is 0 Å². The molecular weight excluding hydrogens is 150 g/mol. The van der Waals surface area contributed by atoms with Crippen molar-refractivity contribution >= 4 is 6.08 Å². The van der Waals surface area contributed by atoms with Gasteiger partial charge in [0, 0.05) is 8.22 Å². The Morgan fingerprint density at radius 3 is 2.25 bits per heavy atom. The molecule has 0 atom stereocenters. The number of hydrogen-bond acceptors (Lipinski definition) is 3. The van der Waals surface area contributed by atoms with Crippen LogP contribution in [0.25, 0.3) is 6.08 Å². The third-order valence-corrected chi connectivity index (χ3v) is 1.15. The number of allylic oxidation sites excluding steroid dienone is 1. The second-order valence-corrected chi connectivity index (χ2v) is 2.35. The van der Waals surface area contributed by atoms with Gasteiger partial charge in [0.05, 0.1) is 0 Å². The van der Waals surface area contributed by atoms with Gasteiger partial charge in [0.2, 0.25) is 0 Å². The van der Waals surface area contributed by atoms with Crippen LogP contribution < -0.4 is 0 Å². The van der Waals surface area contributed by atoms with Crippen LogP contribution in [0.4, 0.5) is 0 Å². The minimum Gasteiger partial charge on any atom is -0.219 e. The summed E-state index contributed by atoms with van der Waals surface area (Å²) in [6.07, 6.45) is 0.988. The molecule has 0 fully saturated rings. The fourth-order valence-electron chi connectivity index (χ4n) is 0.834. The quantitative estimate of drug-likeness (QED) is 0.644. The van der Waals surface area contributed by atoms with E-state index in [-0.39, 0.29) is 5.82 Å². The monoisotopic (exact) mass is 169 g/mol. The number of aromatic nitrogens is 3. The van der Waals surface area contributed by atoms with Gasteiger partial charge in [-0.05, 0) is 33.6 Å². The molecule has 0 aliphatic carbocycles. The molecule has 3 nitrogen and oxygen atoms in total. The van der Waals surface area contributed by atoms with Crippen molar-refractivity contribution in [3.05, 3.63) is 23.0 Å². The fourth-order valence-corrected chi connectivity index (χ4v) is 0.834. The molecule has 0 aliphatic heterocycles. The maximum absolute atomic E-state index is 7.24. The average molecular weight is 169 g/mol. The first-order valence-electron chi connectivity index (χ1n) is 6.42. The van der Waals surface area contributed by atoms with Crippen molar-refractivity contribution in [3.8, 4) is 0 Å². The molecule has 0 aromatic carbocycles. The van der Waals surface area contributed by atoms with Gasteiger partial charge < -0.3 is 0 Å². The summed E-state index contributed by atoms with van der Waals surface area (Å²) >= 11 is 0. The lowest BCUT2D eigenvalue weighted by atomic mass is 10.3. The lowest BCUT2D eigenvalue weighted by Crippen LogP contribution is -1.98. The van der Waals surface area contributed by atoms with Crippen LogP contribution in [0.2, 0.25) is 0 Å². The first-order valence-corrected chi connectivity index (χ1v) is 3.42. The third kappa shape index (κ3) is 2.42.